The molecular formula is C21H25Cl2N5O3S2. The number of likely N-dealkylation sites (tertiary alicyclic amines) is 1. The summed E-state index contributed by atoms with van der Waals surface area (Å²) in [5, 5.41) is 7.43. The second-order valence-electron chi connectivity index (χ2n) is 8.33. The average Bonchev–Trinajstić information content (AvgIpc) is 3.44. The Balaban J connectivity index is 1.55. The Labute approximate surface area is 207 Å². The van der Waals surface area contributed by atoms with Gasteiger partial charge < -0.3 is 20.4 Å². The third-order valence-corrected chi connectivity index (χ3v) is 8.16. The van der Waals surface area contributed by atoms with Gasteiger partial charge in [-0.1, -0.05) is 34.5 Å². The van der Waals surface area contributed by atoms with E-state index in [4.69, 9.17) is 23.2 Å². The monoisotopic (exact) mass is 529 g/mol. The molecule has 0 bridgehead atoms. The zero-order valence-corrected chi connectivity index (χ0v) is 21.4. The number of rotatable bonds is 6. The molecule has 1 aromatic heterocycles. The molecule has 2 aliphatic rings. The number of aromatic nitrogens is 1. The van der Waals surface area contributed by atoms with E-state index in [9.17, 15) is 13.2 Å². The predicted molar refractivity (Wildman–Crippen MR) is 134 cm³/mol. The maximum Gasteiger partial charge on any atom is 0.317 e. The number of nitrogens with zero attached hydrogens (tertiary/aromatic N) is 3. The molecule has 1 fully saturated rings. The Morgan fingerprint density at radius 1 is 1.33 bits per heavy atom. The third kappa shape index (κ3) is 5.24. The fourth-order valence-corrected chi connectivity index (χ4v) is 5.89. The number of halogens is 2. The van der Waals surface area contributed by atoms with Crippen LogP contribution < -0.4 is 15.5 Å². The van der Waals surface area contributed by atoms with E-state index in [1.54, 1.807) is 11.1 Å². The summed E-state index contributed by atoms with van der Waals surface area (Å²) in [6, 6.07) is 5.60. The van der Waals surface area contributed by atoms with Gasteiger partial charge in [0.1, 0.15) is 20.0 Å². The first kappa shape index (κ1) is 24.1. The highest BCUT2D eigenvalue weighted by molar-refractivity contribution is 7.90. The normalized spacial score (nSPS) is 20.4. The molecule has 2 N–H and O–H groups in total. The lowest BCUT2D eigenvalue weighted by Crippen LogP contribution is -2.43. The number of carbonyl (C=O) groups is 1. The topological polar surface area (TPSA) is 94.6 Å². The van der Waals surface area contributed by atoms with E-state index in [0.717, 1.165) is 29.7 Å². The number of carbonyl (C=O) groups excluding carboxylic acids is 1. The number of thiazole rings is 1. The lowest BCUT2D eigenvalue weighted by molar-refractivity contribution is 0.206. The van der Waals surface area contributed by atoms with Crippen molar-refractivity contribution in [1.29, 1.82) is 0 Å². The van der Waals surface area contributed by atoms with Crippen molar-refractivity contribution in [1.82, 2.24) is 15.2 Å². The Kier molecular flexibility index (Phi) is 6.82. The van der Waals surface area contributed by atoms with Gasteiger partial charge in [-0.2, -0.15) is 0 Å². The van der Waals surface area contributed by atoms with Gasteiger partial charge in [0, 0.05) is 48.6 Å². The summed E-state index contributed by atoms with van der Waals surface area (Å²) in [5.41, 5.74) is 1.84. The summed E-state index contributed by atoms with van der Waals surface area (Å²) in [4.78, 5) is 20.9. The number of anilines is 2. The molecule has 2 aromatic rings. The highest BCUT2D eigenvalue weighted by atomic mass is 35.5. The molecule has 4 rings (SSSR count). The Morgan fingerprint density at radius 3 is 2.79 bits per heavy atom. The van der Waals surface area contributed by atoms with Crippen LogP contribution in [0.3, 0.4) is 0 Å². The van der Waals surface area contributed by atoms with Crippen LogP contribution in [-0.2, 0) is 15.3 Å². The van der Waals surface area contributed by atoms with Crippen LogP contribution in [0.2, 0.25) is 9.36 Å². The van der Waals surface area contributed by atoms with E-state index >= 15 is 0 Å². The van der Waals surface area contributed by atoms with Crippen LogP contribution in [0.4, 0.5) is 15.6 Å². The third-order valence-electron chi connectivity index (χ3n) is 5.95. The van der Waals surface area contributed by atoms with E-state index in [0.29, 0.717) is 34.1 Å². The summed E-state index contributed by atoms with van der Waals surface area (Å²) in [5.74, 6) is 0.790. The molecule has 1 aromatic carbocycles. The van der Waals surface area contributed by atoms with Crippen molar-refractivity contribution in [3.05, 3.63) is 51.2 Å². The van der Waals surface area contributed by atoms with Crippen molar-refractivity contribution in [2.75, 3.05) is 48.4 Å². The average molecular weight is 531 g/mol. The molecule has 1 atom stereocenters. The minimum atomic E-state index is -3.13. The largest absolute Gasteiger partial charge is 0.337 e. The quantitative estimate of drug-likeness (QED) is 0.588. The zero-order chi connectivity index (χ0) is 23.8. The van der Waals surface area contributed by atoms with Crippen molar-refractivity contribution < 1.29 is 13.2 Å². The molecule has 8 nitrogen and oxygen atoms in total. The minimum absolute atomic E-state index is 0.0823. The van der Waals surface area contributed by atoms with Gasteiger partial charge in [-0.3, -0.25) is 0 Å². The van der Waals surface area contributed by atoms with E-state index in [2.05, 4.69) is 20.5 Å². The number of nitrogens with one attached hydrogen (secondary N) is 2. The lowest BCUT2D eigenvalue weighted by atomic mass is 9.81. The van der Waals surface area contributed by atoms with Crippen LogP contribution in [0, 0.1) is 0 Å². The molecule has 1 saturated heterocycles. The van der Waals surface area contributed by atoms with Crippen LogP contribution in [0.15, 0.2) is 36.3 Å². The highest BCUT2D eigenvalue weighted by Gasteiger charge is 2.49. The summed E-state index contributed by atoms with van der Waals surface area (Å²) in [6.45, 7) is 3.81. The molecule has 12 heteroatoms. The Morgan fingerprint density at radius 2 is 2.12 bits per heavy atom. The summed E-state index contributed by atoms with van der Waals surface area (Å²) < 4.78 is 23.3. The van der Waals surface area contributed by atoms with Gasteiger partial charge in [0.25, 0.3) is 0 Å². The van der Waals surface area contributed by atoms with Gasteiger partial charge in [-0.15, -0.1) is 0 Å². The summed E-state index contributed by atoms with van der Waals surface area (Å²) in [6.07, 6.45) is 5.52. The van der Waals surface area contributed by atoms with E-state index < -0.39 is 9.84 Å². The fourth-order valence-electron chi connectivity index (χ4n) is 4.42. The minimum Gasteiger partial charge on any atom is -0.337 e. The van der Waals surface area contributed by atoms with Gasteiger partial charge >= 0.3 is 6.03 Å². The fraction of sp³-hybridized carbons (Fsp3) is 0.429. The van der Waals surface area contributed by atoms with Gasteiger partial charge in [0.2, 0.25) is 0 Å². The molecule has 33 heavy (non-hydrogen) atoms. The second kappa shape index (κ2) is 9.32. The zero-order valence-electron chi connectivity index (χ0n) is 18.3. The first-order chi connectivity index (χ1) is 15.6. The van der Waals surface area contributed by atoms with Crippen molar-refractivity contribution >= 4 is 61.2 Å². The number of fused-ring (bicyclic) bond motifs is 2. The number of urea groups is 1. The van der Waals surface area contributed by atoms with Gasteiger partial charge in [0.15, 0.2) is 5.13 Å². The SMILES string of the molecule is CC=C(Nc1ncc(Cl)s1)N1CC2(CCN(C(=O)NCCS(C)(=O)=O)C2)c2cc(Cl)ccc21. The Bertz CT molecular complexity index is 1200. The van der Waals surface area contributed by atoms with Crippen LogP contribution in [0.25, 0.3) is 0 Å². The summed E-state index contributed by atoms with van der Waals surface area (Å²) in [7, 11) is -3.13. The molecule has 2 aliphatic heterocycles. The molecule has 0 saturated carbocycles. The number of benzene rings is 1. The summed E-state index contributed by atoms with van der Waals surface area (Å²) >= 11 is 13.8. The molecule has 0 radical (unpaired) electrons. The highest BCUT2D eigenvalue weighted by Crippen LogP contribution is 2.48. The van der Waals surface area contributed by atoms with Crippen molar-refractivity contribution in [2.24, 2.45) is 0 Å². The van der Waals surface area contributed by atoms with E-state index in [1.165, 1.54) is 11.3 Å². The van der Waals surface area contributed by atoms with Gasteiger partial charge in [-0.25, -0.2) is 18.2 Å². The maximum atomic E-state index is 12.7. The molecule has 178 valence electrons. The number of sulfone groups is 1. The first-order valence-corrected chi connectivity index (χ1v) is 14.1. The molecule has 0 aliphatic carbocycles. The van der Waals surface area contributed by atoms with Crippen LogP contribution in [0.5, 0.6) is 0 Å². The number of allylic oxidation sites excluding steroid dienone is 1. The lowest BCUT2D eigenvalue weighted by Gasteiger charge is -2.28. The maximum absolute atomic E-state index is 12.7. The second-order valence-corrected chi connectivity index (χ2v) is 12.7. The molecule has 3 heterocycles. The Hall–Kier alpha value is -2.01. The van der Waals surface area contributed by atoms with Gasteiger partial charge in [-0.05, 0) is 43.2 Å². The van der Waals surface area contributed by atoms with Gasteiger partial charge in [0.05, 0.1) is 11.9 Å². The first-order valence-electron chi connectivity index (χ1n) is 10.4. The molecule has 1 spiro atoms. The number of amides is 2. The van der Waals surface area contributed by atoms with Crippen LogP contribution in [-0.4, -0.2) is 62.5 Å². The van der Waals surface area contributed by atoms with Crippen molar-refractivity contribution in [2.45, 2.75) is 18.8 Å². The van der Waals surface area contributed by atoms with E-state index in [-0.39, 0.29) is 23.7 Å². The molecular weight excluding hydrogens is 505 g/mol. The van der Waals surface area contributed by atoms with Crippen LogP contribution in [0.1, 0.15) is 18.9 Å². The van der Waals surface area contributed by atoms with Crippen molar-refractivity contribution in [3.63, 3.8) is 0 Å². The number of hydrogen-bond acceptors (Lipinski definition) is 7. The van der Waals surface area contributed by atoms with Crippen LogP contribution >= 0.6 is 34.5 Å². The van der Waals surface area contributed by atoms with E-state index in [1.807, 2.05) is 31.2 Å². The predicted octanol–water partition coefficient (Wildman–Crippen LogP) is 3.94. The number of hydrogen-bond donors (Lipinski definition) is 2. The molecule has 1 unspecified atom stereocenters. The standard InChI is InChI=1S/C21H25Cl2N5O3S2/c1-3-18(26-19-25-11-17(23)32-19)28-13-21(15-10-14(22)4-5-16(15)28)6-8-27(12-21)20(29)24-7-9-33(2,30)31/h3-5,10-11H,6-9,12-13H2,1-2H3,(H,24,29)(H,25,26). The smallest absolute Gasteiger partial charge is 0.317 e. The van der Waals surface area contributed by atoms with Crippen molar-refractivity contribution in [3.8, 4) is 0 Å². The molecule has 2 amide bonds.